The number of nitrogens with zero attached hydrogens (tertiary/aromatic N) is 2. The van der Waals surface area contributed by atoms with Crippen molar-refractivity contribution in [2.75, 3.05) is 38.7 Å². The van der Waals surface area contributed by atoms with E-state index >= 15 is 0 Å². The third-order valence-electron chi connectivity index (χ3n) is 3.11. The van der Waals surface area contributed by atoms with Gasteiger partial charge in [-0.05, 0) is 24.3 Å². The molecule has 1 aliphatic rings. The summed E-state index contributed by atoms with van der Waals surface area (Å²) in [6, 6.07) is 7.10. The third kappa shape index (κ3) is 2.45. The Bertz CT molecular complexity index is 456. The molecule has 1 heterocycles. The Hall–Kier alpha value is -2.04. The molecule has 1 aromatic carbocycles. The summed E-state index contributed by atoms with van der Waals surface area (Å²) in [4.78, 5) is 26.6. The Balaban J connectivity index is 2.10. The molecule has 0 atom stereocenters. The lowest BCUT2D eigenvalue weighted by molar-refractivity contribution is -0.129. The SMILES string of the molecule is COC(=O)c1ccc(N2CCN(C)C(=O)C2)cc1. The number of anilines is 1. The van der Waals surface area contributed by atoms with Crippen molar-refractivity contribution in [3.63, 3.8) is 0 Å². The Labute approximate surface area is 106 Å². The molecule has 0 aliphatic carbocycles. The number of likely N-dealkylation sites (N-methyl/N-ethyl adjacent to an activating group) is 1. The second kappa shape index (κ2) is 5.08. The molecule has 1 fully saturated rings. The first-order valence-electron chi connectivity index (χ1n) is 5.79. The van der Waals surface area contributed by atoms with Crippen LogP contribution in [0.4, 0.5) is 5.69 Å². The van der Waals surface area contributed by atoms with Crippen LogP contribution in [0.25, 0.3) is 0 Å². The molecule has 18 heavy (non-hydrogen) atoms. The van der Waals surface area contributed by atoms with Gasteiger partial charge in [-0.1, -0.05) is 0 Å². The van der Waals surface area contributed by atoms with E-state index in [4.69, 9.17) is 0 Å². The predicted molar refractivity (Wildman–Crippen MR) is 67.6 cm³/mol. The topological polar surface area (TPSA) is 49.9 Å². The molecule has 5 nitrogen and oxygen atoms in total. The molecule has 1 aromatic rings. The van der Waals surface area contributed by atoms with Gasteiger partial charge in [0.05, 0.1) is 19.2 Å². The normalized spacial score (nSPS) is 15.8. The highest BCUT2D eigenvalue weighted by molar-refractivity contribution is 5.90. The fourth-order valence-electron chi connectivity index (χ4n) is 1.91. The highest BCUT2D eigenvalue weighted by Gasteiger charge is 2.21. The van der Waals surface area contributed by atoms with Gasteiger partial charge in [-0.25, -0.2) is 4.79 Å². The number of hydrogen-bond donors (Lipinski definition) is 0. The van der Waals surface area contributed by atoms with Crippen LogP contribution in [0.5, 0.6) is 0 Å². The monoisotopic (exact) mass is 248 g/mol. The molecular formula is C13H16N2O3. The highest BCUT2D eigenvalue weighted by Crippen LogP contribution is 2.17. The van der Waals surface area contributed by atoms with Gasteiger partial charge in [-0.2, -0.15) is 0 Å². The van der Waals surface area contributed by atoms with E-state index in [1.165, 1.54) is 7.11 Å². The predicted octanol–water partition coefficient (Wildman–Crippen LogP) is 0.752. The minimum absolute atomic E-state index is 0.110. The molecule has 1 amide bonds. The van der Waals surface area contributed by atoms with Crippen LogP contribution in [0.3, 0.4) is 0 Å². The molecule has 0 spiro atoms. The lowest BCUT2D eigenvalue weighted by Crippen LogP contribution is -2.48. The fourth-order valence-corrected chi connectivity index (χ4v) is 1.91. The minimum Gasteiger partial charge on any atom is -0.465 e. The number of amides is 1. The number of methoxy groups -OCH3 is 1. The summed E-state index contributed by atoms with van der Waals surface area (Å²) in [5.41, 5.74) is 1.46. The second-order valence-corrected chi connectivity index (χ2v) is 4.28. The van der Waals surface area contributed by atoms with Crippen molar-refractivity contribution in [3.8, 4) is 0 Å². The van der Waals surface area contributed by atoms with Gasteiger partial charge in [-0.3, -0.25) is 4.79 Å². The minimum atomic E-state index is -0.351. The van der Waals surface area contributed by atoms with E-state index in [1.54, 1.807) is 24.1 Å². The van der Waals surface area contributed by atoms with E-state index in [2.05, 4.69) is 4.74 Å². The number of piperazine rings is 1. The molecule has 0 aromatic heterocycles. The van der Waals surface area contributed by atoms with Crippen LogP contribution < -0.4 is 4.90 Å². The molecular weight excluding hydrogens is 232 g/mol. The van der Waals surface area contributed by atoms with E-state index in [0.717, 1.165) is 18.8 Å². The maximum absolute atomic E-state index is 11.6. The molecule has 96 valence electrons. The first-order valence-corrected chi connectivity index (χ1v) is 5.79. The molecule has 0 saturated carbocycles. The summed E-state index contributed by atoms with van der Waals surface area (Å²) in [5, 5.41) is 0. The summed E-state index contributed by atoms with van der Waals surface area (Å²) >= 11 is 0. The summed E-state index contributed by atoms with van der Waals surface area (Å²) in [7, 11) is 3.16. The molecule has 2 rings (SSSR count). The number of benzene rings is 1. The maximum atomic E-state index is 11.6. The van der Waals surface area contributed by atoms with Gasteiger partial charge in [0.25, 0.3) is 0 Å². The third-order valence-corrected chi connectivity index (χ3v) is 3.11. The Morgan fingerprint density at radius 2 is 1.89 bits per heavy atom. The second-order valence-electron chi connectivity index (χ2n) is 4.28. The standard InChI is InChI=1S/C13H16N2O3/c1-14-7-8-15(9-12(14)16)11-5-3-10(4-6-11)13(17)18-2/h3-6H,7-9H2,1-2H3. The lowest BCUT2D eigenvalue weighted by atomic mass is 10.2. The van der Waals surface area contributed by atoms with Crippen LogP contribution in [-0.2, 0) is 9.53 Å². The van der Waals surface area contributed by atoms with Crippen molar-refractivity contribution in [3.05, 3.63) is 29.8 Å². The highest BCUT2D eigenvalue weighted by atomic mass is 16.5. The van der Waals surface area contributed by atoms with Crippen LogP contribution >= 0.6 is 0 Å². The largest absolute Gasteiger partial charge is 0.465 e. The van der Waals surface area contributed by atoms with Gasteiger partial charge in [-0.15, -0.1) is 0 Å². The number of carbonyl (C=O) groups is 2. The zero-order valence-electron chi connectivity index (χ0n) is 10.5. The van der Waals surface area contributed by atoms with Gasteiger partial charge >= 0.3 is 5.97 Å². The molecule has 0 bridgehead atoms. The van der Waals surface area contributed by atoms with Gasteiger partial charge in [0.1, 0.15) is 0 Å². The Kier molecular flexibility index (Phi) is 3.50. The van der Waals surface area contributed by atoms with Gasteiger partial charge in [0.15, 0.2) is 0 Å². The summed E-state index contributed by atoms with van der Waals surface area (Å²) in [5.74, 6) is -0.241. The smallest absolute Gasteiger partial charge is 0.337 e. The molecule has 0 radical (unpaired) electrons. The average molecular weight is 248 g/mol. The van der Waals surface area contributed by atoms with Crippen molar-refractivity contribution in [1.29, 1.82) is 0 Å². The van der Waals surface area contributed by atoms with Gasteiger partial charge in [0, 0.05) is 25.8 Å². The maximum Gasteiger partial charge on any atom is 0.337 e. The number of hydrogen-bond acceptors (Lipinski definition) is 4. The van der Waals surface area contributed by atoms with Gasteiger partial charge < -0.3 is 14.5 Å². The number of esters is 1. The summed E-state index contributed by atoms with van der Waals surface area (Å²) < 4.78 is 4.64. The zero-order valence-corrected chi connectivity index (χ0v) is 10.5. The van der Waals surface area contributed by atoms with E-state index < -0.39 is 0 Å². The first-order chi connectivity index (χ1) is 8.61. The van der Waals surface area contributed by atoms with E-state index in [9.17, 15) is 9.59 Å². The average Bonchev–Trinajstić information content (AvgIpc) is 2.41. The Morgan fingerprint density at radius 3 is 2.44 bits per heavy atom. The van der Waals surface area contributed by atoms with Crippen molar-refractivity contribution in [2.24, 2.45) is 0 Å². The van der Waals surface area contributed by atoms with E-state index in [0.29, 0.717) is 12.1 Å². The Morgan fingerprint density at radius 1 is 1.22 bits per heavy atom. The van der Waals surface area contributed by atoms with E-state index in [1.807, 2.05) is 17.0 Å². The fraction of sp³-hybridized carbons (Fsp3) is 0.385. The van der Waals surface area contributed by atoms with Gasteiger partial charge in [0.2, 0.25) is 5.91 Å². The molecule has 0 N–H and O–H groups in total. The molecule has 1 aliphatic heterocycles. The molecule has 0 unspecified atom stereocenters. The van der Waals surface area contributed by atoms with Crippen molar-refractivity contribution in [1.82, 2.24) is 4.90 Å². The first kappa shape index (κ1) is 12.4. The van der Waals surface area contributed by atoms with Crippen molar-refractivity contribution in [2.45, 2.75) is 0 Å². The van der Waals surface area contributed by atoms with E-state index in [-0.39, 0.29) is 11.9 Å². The molecule has 5 heteroatoms. The quantitative estimate of drug-likeness (QED) is 0.725. The van der Waals surface area contributed by atoms with Crippen molar-refractivity contribution >= 4 is 17.6 Å². The van der Waals surface area contributed by atoms with Crippen LogP contribution in [0.2, 0.25) is 0 Å². The van der Waals surface area contributed by atoms with Crippen LogP contribution in [0.15, 0.2) is 24.3 Å². The number of ether oxygens (including phenoxy) is 1. The summed E-state index contributed by atoms with van der Waals surface area (Å²) in [6.07, 6.45) is 0. The van der Waals surface area contributed by atoms with Crippen LogP contribution in [0, 0.1) is 0 Å². The van der Waals surface area contributed by atoms with Crippen molar-refractivity contribution < 1.29 is 14.3 Å². The number of rotatable bonds is 2. The molecule has 1 saturated heterocycles. The van der Waals surface area contributed by atoms with Crippen LogP contribution in [-0.4, -0.2) is 50.6 Å². The summed E-state index contributed by atoms with van der Waals surface area (Å²) in [6.45, 7) is 1.91. The zero-order chi connectivity index (χ0) is 13.1. The number of carbonyl (C=O) groups excluding carboxylic acids is 2. The lowest BCUT2D eigenvalue weighted by Gasteiger charge is -2.33. The van der Waals surface area contributed by atoms with Crippen LogP contribution in [0.1, 0.15) is 10.4 Å².